The maximum atomic E-state index is 11.5. The van der Waals surface area contributed by atoms with Crippen LogP contribution >= 0.6 is 0 Å². The van der Waals surface area contributed by atoms with Gasteiger partial charge in [0.1, 0.15) is 0 Å². The van der Waals surface area contributed by atoms with Crippen molar-refractivity contribution in [2.45, 2.75) is 39.2 Å². The lowest BCUT2D eigenvalue weighted by Gasteiger charge is -2.20. The van der Waals surface area contributed by atoms with E-state index in [4.69, 9.17) is 10.7 Å². The number of anilines is 1. The van der Waals surface area contributed by atoms with Crippen LogP contribution in [0.4, 0.5) is 5.69 Å². The quantitative estimate of drug-likeness (QED) is 0.683. The molecule has 0 saturated heterocycles. The first-order valence-corrected chi connectivity index (χ1v) is 8.62. The SMILES string of the molecule is Cc1cc(CNc2ccc3[nH]nc(C(N)=O)c3c2)c2c(n1)CCCC2. The van der Waals surface area contributed by atoms with Crippen molar-refractivity contribution in [3.63, 3.8) is 0 Å². The van der Waals surface area contributed by atoms with Gasteiger partial charge in [0.25, 0.3) is 5.91 Å². The smallest absolute Gasteiger partial charge is 0.269 e. The number of carbonyl (C=O) groups excluding carboxylic acids is 1. The van der Waals surface area contributed by atoms with E-state index in [9.17, 15) is 4.79 Å². The summed E-state index contributed by atoms with van der Waals surface area (Å²) < 4.78 is 0. The van der Waals surface area contributed by atoms with Gasteiger partial charge in [-0.3, -0.25) is 14.9 Å². The Morgan fingerprint density at radius 2 is 2.12 bits per heavy atom. The number of nitrogens with two attached hydrogens (primary N) is 1. The van der Waals surface area contributed by atoms with Crippen molar-refractivity contribution < 1.29 is 4.79 Å². The van der Waals surface area contributed by atoms with Gasteiger partial charge in [-0.1, -0.05) is 0 Å². The maximum Gasteiger partial charge on any atom is 0.269 e. The molecule has 25 heavy (non-hydrogen) atoms. The number of benzene rings is 1. The van der Waals surface area contributed by atoms with Gasteiger partial charge in [-0.25, -0.2) is 0 Å². The van der Waals surface area contributed by atoms with E-state index >= 15 is 0 Å². The Kier molecular flexibility index (Phi) is 3.87. The van der Waals surface area contributed by atoms with Gasteiger partial charge in [0.05, 0.1) is 5.52 Å². The molecule has 2 aromatic heterocycles. The second-order valence-corrected chi connectivity index (χ2v) is 6.61. The summed E-state index contributed by atoms with van der Waals surface area (Å²) in [5.74, 6) is -0.526. The molecule has 1 aliphatic carbocycles. The Morgan fingerprint density at radius 1 is 1.28 bits per heavy atom. The van der Waals surface area contributed by atoms with Crippen LogP contribution in [0.5, 0.6) is 0 Å². The van der Waals surface area contributed by atoms with E-state index < -0.39 is 5.91 Å². The maximum absolute atomic E-state index is 11.5. The summed E-state index contributed by atoms with van der Waals surface area (Å²) >= 11 is 0. The molecule has 1 aromatic carbocycles. The number of aromatic nitrogens is 3. The number of nitrogens with zero attached hydrogens (tertiary/aromatic N) is 2. The van der Waals surface area contributed by atoms with Gasteiger partial charge >= 0.3 is 0 Å². The van der Waals surface area contributed by atoms with Crippen LogP contribution in [0.25, 0.3) is 10.9 Å². The first-order valence-electron chi connectivity index (χ1n) is 8.62. The van der Waals surface area contributed by atoms with E-state index in [-0.39, 0.29) is 5.69 Å². The number of amides is 1. The van der Waals surface area contributed by atoms with Crippen molar-refractivity contribution in [1.82, 2.24) is 15.2 Å². The molecule has 128 valence electrons. The van der Waals surface area contributed by atoms with Crippen LogP contribution in [0.1, 0.15) is 45.8 Å². The summed E-state index contributed by atoms with van der Waals surface area (Å²) in [6, 6.07) is 7.97. The topological polar surface area (TPSA) is 96.7 Å². The summed E-state index contributed by atoms with van der Waals surface area (Å²) in [4.78, 5) is 16.2. The molecule has 0 atom stereocenters. The van der Waals surface area contributed by atoms with E-state index in [1.165, 1.54) is 29.7 Å². The van der Waals surface area contributed by atoms with E-state index in [0.29, 0.717) is 0 Å². The van der Waals surface area contributed by atoms with Crippen molar-refractivity contribution in [3.05, 3.63) is 52.5 Å². The number of carbonyl (C=O) groups is 1. The van der Waals surface area contributed by atoms with Crippen molar-refractivity contribution in [2.75, 3.05) is 5.32 Å². The zero-order valence-corrected chi connectivity index (χ0v) is 14.2. The first kappa shape index (κ1) is 15.6. The molecule has 1 aliphatic rings. The standard InChI is InChI=1S/C19H21N5O/c1-11-8-12(14-4-2-3-5-16(14)22-11)10-21-13-6-7-17-15(9-13)18(19(20)25)24-23-17/h6-9,21H,2-5,10H2,1H3,(H2,20,25)(H,23,24). The molecule has 6 nitrogen and oxygen atoms in total. The Bertz CT molecular complexity index is 960. The van der Waals surface area contributed by atoms with Crippen LogP contribution in [0.3, 0.4) is 0 Å². The number of H-pyrrole nitrogens is 1. The average Bonchev–Trinajstić information content (AvgIpc) is 3.03. The fourth-order valence-corrected chi connectivity index (χ4v) is 3.61. The summed E-state index contributed by atoms with van der Waals surface area (Å²) in [5, 5.41) is 11.0. The number of nitrogens with one attached hydrogen (secondary N) is 2. The molecule has 0 unspecified atom stereocenters. The van der Waals surface area contributed by atoms with Crippen LogP contribution in [0.2, 0.25) is 0 Å². The molecule has 0 bridgehead atoms. The van der Waals surface area contributed by atoms with Crippen LogP contribution in [-0.4, -0.2) is 21.1 Å². The Labute approximate surface area is 145 Å². The molecule has 0 saturated carbocycles. The number of primary amides is 1. The third kappa shape index (κ3) is 2.95. The van der Waals surface area contributed by atoms with Crippen LogP contribution in [-0.2, 0) is 19.4 Å². The predicted octanol–water partition coefficient (Wildman–Crippen LogP) is 2.86. The third-order valence-corrected chi connectivity index (χ3v) is 4.80. The lowest BCUT2D eigenvalue weighted by atomic mass is 9.91. The molecular formula is C19H21N5O. The third-order valence-electron chi connectivity index (χ3n) is 4.80. The number of fused-ring (bicyclic) bond motifs is 2. The number of aryl methyl sites for hydroxylation is 2. The van der Waals surface area contributed by atoms with Gasteiger partial charge in [-0.2, -0.15) is 5.10 Å². The molecule has 0 aliphatic heterocycles. The van der Waals surface area contributed by atoms with E-state index in [1.807, 2.05) is 18.2 Å². The number of hydrogen-bond acceptors (Lipinski definition) is 4. The van der Waals surface area contributed by atoms with Gasteiger partial charge in [0.15, 0.2) is 5.69 Å². The molecule has 3 aromatic rings. The summed E-state index contributed by atoms with van der Waals surface area (Å²) in [6.45, 7) is 2.79. The van der Waals surface area contributed by atoms with E-state index in [1.54, 1.807) is 0 Å². The Morgan fingerprint density at radius 3 is 2.96 bits per heavy atom. The highest BCUT2D eigenvalue weighted by Gasteiger charge is 2.16. The molecular weight excluding hydrogens is 314 g/mol. The summed E-state index contributed by atoms with van der Waals surface area (Å²) in [5.41, 5.74) is 12.4. The zero-order valence-electron chi connectivity index (χ0n) is 14.2. The van der Waals surface area contributed by atoms with Gasteiger partial charge in [0, 0.05) is 29.0 Å². The number of hydrogen-bond donors (Lipinski definition) is 3. The van der Waals surface area contributed by atoms with Gasteiger partial charge in [-0.05, 0) is 68.0 Å². The van der Waals surface area contributed by atoms with E-state index in [2.05, 4.69) is 28.5 Å². The second kappa shape index (κ2) is 6.20. The molecule has 6 heteroatoms. The highest BCUT2D eigenvalue weighted by molar-refractivity contribution is 6.04. The highest BCUT2D eigenvalue weighted by Crippen LogP contribution is 2.26. The summed E-state index contributed by atoms with van der Waals surface area (Å²) in [6.07, 6.45) is 4.64. The molecule has 4 rings (SSSR count). The number of aromatic amines is 1. The minimum atomic E-state index is -0.526. The van der Waals surface area contributed by atoms with Crippen LogP contribution in [0, 0.1) is 6.92 Å². The van der Waals surface area contributed by atoms with Crippen molar-refractivity contribution in [3.8, 4) is 0 Å². The van der Waals surface area contributed by atoms with Gasteiger partial charge < -0.3 is 11.1 Å². The Hall–Kier alpha value is -2.89. The largest absolute Gasteiger partial charge is 0.381 e. The summed E-state index contributed by atoms with van der Waals surface area (Å²) in [7, 11) is 0. The minimum absolute atomic E-state index is 0.274. The van der Waals surface area contributed by atoms with Gasteiger partial charge in [-0.15, -0.1) is 0 Å². The van der Waals surface area contributed by atoms with Crippen molar-refractivity contribution in [2.24, 2.45) is 5.73 Å². The van der Waals surface area contributed by atoms with Crippen molar-refractivity contribution in [1.29, 1.82) is 0 Å². The number of rotatable bonds is 4. The minimum Gasteiger partial charge on any atom is -0.381 e. The van der Waals surface area contributed by atoms with E-state index in [0.717, 1.165) is 41.7 Å². The molecule has 2 heterocycles. The van der Waals surface area contributed by atoms with Gasteiger partial charge in [0.2, 0.25) is 0 Å². The molecule has 0 radical (unpaired) electrons. The number of pyridine rings is 1. The Balaban J connectivity index is 1.61. The molecule has 1 amide bonds. The fraction of sp³-hybridized carbons (Fsp3) is 0.316. The lowest BCUT2D eigenvalue weighted by molar-refractivity contribution is 0.0997. The first-order chi connectivity index (χ1) is 12.1. The molecule has 0 spiro atoms. The highest BCUT2D eigenvalue weighted by atomic mass is 16.1. The fourth-order valence-electron chi connectivity index (χ4n) is 3.61. The average molecular weight is 335 g/mol. The van der Waals surface area contributed by atoms with Crippen LogP contribution in [0.15, 0.2) is 24.3 Å². The predicted molar refractivity (Wildman–Crippen MR) is 97.6 cm³/mol. The second-order valence-electron chi connectivity index (χ2n) is 6.61. The van der Waals surface area contributed by atoms with Crippen LogP contribution < -0.4 is 11.1 Å². The zero-order chi connectivity index (χ0) is 17.4. The normalized spacial score (nSPS) is 13.6. The monoisotopic (exact) mass is 335 g/mol. The molecule has 0 fully saturated rings. The van der Waals surface area contributed by atoms with Crippen molar-refractivity contribution >= 4 is 22.5 Å². The lowest BCUT2D eigenvalue weighted by Crippen LogP contribution is -2.13. The molecule has 4 N–H and O–H groups in total.